The van der Waals surface area contributed by atoms with E-state index in [9.17, 15) is 10.2 Å². The lowest BCUT2D eigenvalue weighted by atomic mass is 9.34. The monoisotopic (exact) mass is 418 g/mol. The zero-order chi connectivity index (χ0) is 21.7. The number of hydrogen-bond acceptors (Lipinski definition) is 4. The molecule has 0 bridgehead atoms. The van der Waals surface area contributed by atoms with Crippen LogP contribution in [0, 0.1) is 45.3 Å². The summed E-state index contributed by atoms with van der Waals surface area (Å²) in [6.45, 7) is 12.3. The van der Waals surface area contributed by atoms with Crippen LogP contribution < -0.4 is 0 Å². The highest BCUT2D eigenvalue weighted by Gasteiger charge is 2.69. The van der Waals surface area contributed by atoms with Gasteiger partial charge in [0.05, 0.1) is 6.10 Å². The minimum absolute atomic E-state index is 0.178. The maximum Gasteiger partial charge on any atom is 0.183 e. The molecule has 4 aliphatic carbocycles. The summed E-state index contributed by atoms with van der Waals surface area (Å²) in [5.74, 6) is 1.44. The molecule has 5 rings (SSSR count). The predicted molar refractivity (Wildman–Crippen MR) is 116 cm³/mol. The molecule has 1 saturated heterocycles. The van der Waals surface area contributed by atoms with E-state index in [1.165, 1.54) is 32.1 Å². The molecule has 0 spiro atoms. The summed E-state index contributed by atoms with van der Waals surface area (Å²) < 4.78 is 11.3. The summed E-state index contributed by atoms with van der Waals surface area (Å²) in [7, 11) is 1.64. The summed E-state index contributed by atoms with van der Waals surface area (Å²) in [4.78, 5) is 0. The van der Waals surface area contributed by atoms with Crippen LogP contribution in [0.25, 0.3) is 0 Å². The zero-order valence-corrected chi connectivity index (χ0v) is 19.8. The van der Waals surface area contributed by atoms with Gasteiger partial charge in [-0.25, -0.2) is 0 Å². The van der Waals surface area contributed by atoms with Crippen LogP contribution in [0.2, 0.25) is 0 Å². The molecule has 4 heteroatoms. The number of methoxy groups -OCH3 is 1. The fourth-order valence-corrected chi connectivity index (χ4v) is 9.94. The fraction of sp³-hybridized carbons (Fsp3) is 0.923. The molecule has 4 fully saturated rings. The quantitative estimate of drug-likeness (QED) is 0.595. The molecule has 0 aromatic heterocycles. The Morgan fingerprint density at radius 1 is 0.967 bits per heavy atom. The molecule has 0 aromatic carbocycles. The largest absolute Gasteiger partial charge is 0.393 e. The summed E-state index contributed by atoms with van der Waals surface area (Å²) in [6.07, 6.45) is 8.72. The lowest BCUT2D eigenvalue weighted by Crippen LogP contribution is -2.66. The topological polar surface area (TPSA) is 58.9 Å². The molecule has 170 valence electrons. The summed E-state index contributed by atoms with van der Waals surface area (Å²) in [5, 5.41) is 22.6. The number of rotatable bonds is 1. The van der Waals surface area contributed by atoms with Crippen molar-refractivity contribution in [3.05, 3.63) is 11.6 Å². The SMILES string of the molecule is COC1OC(O)C2C1=CCC1C3(C)CCC4C(C)(C)CCCC4(C)C3CC(O)C21C. The average Bonchev–Trinajstić information content (AvgIpc) is 3.00. The van der Waals surface area contributed by atoms with Crippen LogP contribution in [-0.2, 0) is 9.47 Å². The number of fused-ring (bicyclic) bond motifs is 7. The molecule has 10 atom stereocenters. The van der Waals surface area contributed by atoms with Gasteiger partial charge in [-0.1, -0.05) is 47.1 Å². The van der Waals surface area contributed by atoms with Crippen molar-refractivity contribution < 1.29 is 19.7 Å². The molecule has 3 saturated carbocycles. The van der Waals surface area contributed by atoms with Gasteiger partial charge in [-0.2, -0.15) is 0 Å². The summed E-state index contributed by atoms with van der Waals surface area (Å²) >= 11 is 0. The lowest BCUT2D eigenvalue weighted by molar-refractivity contribution is -0.251. The van der Waals surface area contributed by atoms with E-state index in [-0.39, 0.29) is 16.7 Å². The maximum absolute atomic E-state index is 11.7. The van der Waals surface area contributed by atoms with Crippen molar-refractivity contribution in [3.8, 4) is 0 Å². The van der Waals surface area contributed by atoms with Gasteiger partial charge in [-0.3, -0.25) is 0 Å². The number of ether oxygens (including phenoxy) is 2. The average molecular weight is 419 g/mol. The van der Waals surface area contributed by atoms with Crippen molar-refractivity contribution in [1.82, 2.24) is 0 Å². The Hall–Kier alpha value is -0.420. The van der Waals surface area contributed by atoms with E-state index < -0.39 is 18.7 Å². The van der Waals surface area contributed by atoms with Crippen molar-refractivity contribution in [2.24, 2.45) is 45.3 Å². The molecule has 30 heavy (non-hydrogen) atoms. The van der Waals surface area contributed by atoms with Gasteiger partial charge in [0, 0.05) is 18.4 Å². The number of allylic oxidation sites excluding steroid dienone is 1. The van der Waals surface area contributed by atoms with Crippen molar-refractivity contribution >= 4 is 0 Å². The van der Waals surface area contributed by atoms with Crippen LogP contribution >= 0.6 is 0 Å². The second-order valence-electron chi connectivity index (χ2n) is 12.7. The first kappa shape index (κ1) is 21.4. The maximum atomic E-state index is 11.7. The Bertz CT molecular complexity index is 745. The first-order valence-corrected chi connectivity index (χ1v) is 12.2. The van der Waals surface area contributed by atoms with Gasteiger partial charge in [-0.05, 0) is 78.1 Å². The van der Waals surface area contributed by atoms with E-state index in [0.29, 0.717) is 22.7 Å². The molecule has 1 heterocycles. The third kappa shape index (κ3) is 2.48. The van der Waals surface area contributed by atoms with Gasteiger partial charge in [-0.15, -0.1) is 0 Å². The minimum atomic E-state index is -0.899. The van der Waals surface area contributed by atoms with Gasteiger partial charge in [0.2, 0.25) is 0 Å². The van der Waals surface area contributed by atoms with Gasteiger partial charge in [0.25, 0.3) is 0 Å². The van der Waals surface area contributed by atoms with Crippen LogP contribution in [0.1, 0.15) is 79.6 Å². The van der Waals surface area contributed by atoms with Crippen molar-refractivity contribution in [3.63, 3.8) is 0 Å². The third-order valence-corrected chi connectivity index (χ3v) is 11.2. The molecular formula is C26H42O4. The third-order valence-electron chi connectivity index (χ3n) is 11.2. The highest BCUT2D eigenvalue weighted by molar-refractivity contribution is 5.28. The van der Waals surface area contributed by atoms with Crippen LogP contribution in [0.3, 0.4) is 0 Å². The molecule has 5 aliphatic rings. The van der Waals surface area contributed by atoms with E-state index in [4.69, 9.17) is 9.47 Å². The Labute approximate surface area is 182 Å². The molecular weight excluding hydrogens is 376 g/mol. The Balaban J connectivity index is 1.58. The Morgan fingerprint density at radius 3 is 2.37 bits per heavy atom. The normalized spacial score (nSPS) is 56.9. The van der Waals surface area contributed by atoms with Gasteiger partial charge < -0.3 is 19.7 Å². The van der Waals surface area contributed by atoms with Gasteiger partial charge in [0.1, 0.15) is 0 Å². The van der Waals surface area contributed by atoms with Crippen molar-refractivity contribution in [2.75, 3.05) is 7.11 Å². The molecule has 1 aliphatic heterocycles. The number of aliphatic hydroxyl groups is 2. The summed E-state index contributed by atoms with van der Waals surface area (Å²) in [6, 6.07) is 0. The van der Waals surface area contributed by atoms with E-state index in [1.54, 1.807) is 7.11 Å². The molecule has 0 radical (unpaired) electrons. The Kier molecular flexibility index (Phi) is 4.68. The highest BCUT2D eigenvalue weighted by Crippen LogP contribution is 2.73. The van der Waals surface area contributed by atoms with Crippen molar-refractivity contribution in [2.45, 2.75) is 98.2 Å². The van der Waals surface area contributed by atoms with Crippen LogP contribution in [0.4, 0.5) is 0 Å². The van der Waals surface area contributed by atoms with Crippen LogP contribution in [0.15, 0.2) is 11.6 Å². The number of aliphatic hydroxyl groups excluding tert-OH is 2. The van der Waals surface area contributed by atoms with E-state index in [1.807, 2.05) is 0 Å². The van der Waals surface area contributed by atoms with Crippen LogP contribution in [-0.4, -0.2) is 36.0 Å². The van der Waals surface area contributed by atoms with Gasteiger partial charge in [0.15, 0.2) is 12.6 Å². The second kappa shape index (κ2) is 6.56. The van der Waals surface area contributed by atoms with E-state index >= 15 is 0 Å². The van der Waals surface area contributed by atoms with Crippen molar-refractivity contribution in [1.29, 1.82) is 0 Å². The zero-order valence-electron chi connectivity index (χ0n) is 19.8. The molecule has 0 amide bonds. The number of hydrogen-bond donors (Lipinski definition) is 2. The highest BCUT2D eigenvalue weighted by atomic mass is 16.7. The standard InChI is InChI=1S/C26H42O4/c1-23(2)11-7-12-24(3)16(23)10-13-25(4)17-9-8-15-20(21(28)30-22(15)29-6)26(17,5)19(27)14-18(24)25/h8,16-22,27-28H,7,9-14H2,1-6H3. The molecule has 10 unspecified atom stereocenters. The van der Waals surface area contributed by atoms with Gasteiger partial charge >= 0.3 is 0 Å². The first-order valence-electron chi connectivity index (χ1n) is 12.2. The molecule has 4 nitrogen and oxygen atoms in total. The minimum Gasteiger partial charge on any atom is -0.393 e. The van der Waals surface area contributed by atoms with E-state index in [0.717, 1.165) is 24.3 Å². The van der Waals surface area contributed by atoms with Crippen LogP contribution in [0.5, 0.6) is 0 Å². The second-order valence-corrected chi connectivity index (χ2v) is 12.7. The predicted octanol–water partition coefficient (Wildman–Crippen LogP) is 4.89. The molecule has 0 aromatic rings. The Morgan fingerprint density at radius 2 is 1.67 bits per heavy atom. The lowest BCUT2D eigenvalue weighted by Gasteiger charge is -2.70. The summed E-state index contributed by atoms with van der Waals surface area (Å²) in [5.41, 5.74) is 1.53. The van der Waals surface area contributed by atoms with E-state index in [2.05, 4.69) is 40.7 Å². The smallest absolute Gasteiger partial charge is 0.183 e. The first-order chi connectivity index (χ1) is 14.0. The molecule has 2 N–H and O–H groups in total. The fourth-order valence-electron chi connectivity index (χ4n) is 9.94.